The van der Waals surface area contributed by atoms with Gasteiger partial charge in [-0.2, -0.15) is 4.98 Å². The van der Waals surface area contributed by atoms with Crippen molar-refractivity contribution < 1.29 is 22.3 Å². The Kier molecular flexibility index (Phi) is 6.33. The molecule has 0 aliphatic heterocycles. The van der Waals surface area contributed by atoms with E-state index in [9.17, 15) is 8.42 Å². The van der Waals surface area contributed by atoms with E-state index in [2.05, 4.69) is 10.3 Å². The van der Waals surface area contributed by atoms with Gasteiger partial charge in [0.25, 0.3) is 0 Å². The highest BCUT2D eigenvalue weighted by Crippen LogP contribution is 2.32. The van der Waals surface area contributed by atoms with E-state index in [1.54, 1.807) is 49.6 Å². The predicted molar refractivity (Wildman–Crippen MR) is 105 cm³/mol. The molecule has 0 saturated carbocycles. The Labute approximate surface area is 164 Å². The van der Waals surface area contributed by atoms with E-state index in [1.165, 1.54) is 12.1 Å². The van der Waals surface area contributed by atoms with Crippen molar-refractivity contribution in [1.82, 2.24) is 4.98 Å². The monoisotopic (exact) mass is 402 g/mol. The van der Waals surface area contributed by atoms with Crippen LogP contribution in [0.25, 0.3) is 11.5 Å². The first-order valence-corrected chi connectivity index (χ1v) is 10.3. The SMILES string of the molecule is CCOc1ccc(-c2nc(S(=O)(=O)c3ccccc3)c(NCCOC)o2)cc1. The van der Waals surface area contributed by atoms with E-state index in [4.69, 9.17) is 13.9 Å². The van der Waals surface area contributed by atoms with E-state index in [1.807, 2.05) is 6.92 Å². The van der Waals surface area contributed by atoms with Gasteiger partial charge in [-0.1, -0.05) is 18.2 Å². The number of hydrogen-bond donors (Lipinski definition) is 1. The maximum Gasteiger partial charge on any atom is 0.233 e. The number of rotatable bonds is 9. The molecule has 0 unspecified atom stereocenters. The zero-order valence-corrected chi connectivity index (χ0v) is 16.5. The molecule has 0 bridgehead atoms. The molecule has 3 aromatic rings. The van der Waals surface area contributed by atoms with Crippen molar-refractivity contribution in [2.45, 2.75) is 16.8 Å². The van der Waals surface area contributed by atoms with Crippen molar-refractivity contribution in [2.75, 3.05) is 32.2 Å². The molecule has 8 heteroatoms. The van der Waals surface area contributed by atoms with Crippen molar-refractivity contribution in [3.63, 3.8) is 0 Å². The summed E-state index contributed by atoms with van der Waals surface area (Å²) in [4.78, 5) is 4.43. The molecule has 0 fully saturated rings. The lowest BCUT2D eigenvalue weighted by atomic mass is 10.2. The Bertz CT molecular complexity index is 999. The van der Waals surface area contributed by atoms with Crippen LogP contribution in [0.1, 0.15) is 6.92 Å². The summed E-state index contributed by atoms with van der Waals surface area (Å²) in [5.41, 5.74) is 0.646. The van der Waals surface area contributed by atoms with Crippen molar-refractivity contribution in [3.05, 3.63) is 54.6 Å². The Morgan fingerprint density at radius 1 is 1.07 bits per heavy atom. The van der Waals surface area contributed by atoms with Crippen LogP contribution in [0, 0.1) is 0 Å². The number of aromatic nitrogens is 1. The predicted octanol–water partition coefficient (Wildman–Crippen LogP) is 3.63. The molecule has 0 atom stereocenters. The fraction of sp³-hybridized carbons (Fsp3) is 0.250. The summed E-state index contributed by atoms with van der Waals surface area (Å²) in [5.74, 6) is 1.01. The summed E-state index contributed by atoms with van der Waals surface area (Å²) in [7, 11) is -2.28. The average molecular weight is 402 g/mol. The summed E-state index contributed by atoms with van der Waals surface area (Å²) in [6.07, 6.45) is 0. The topological polar surface area (TPSA) is 90.7 Å². The molecule has 0 aliphatic carbocycles. The van der Waals surface area contributed by atoms with Crippen LogP contribution in [-0.2, 0) is 14.6 Å². The zero-order valence-electron chi connectivity index (χ0n) is 15.7. The Hall–Kier alpha value is -2.84. The molecule has 0 aliphatic rings. The number of benzene rings is 2. The summed E-state index contributed by atoms with van der Waals surface area (Å²) in [5, 5.41) is 2.80. The maximum atomic E-state index is 13.1. The minimum atomic E-state index is -3.84. The summed E-state index contributed by atoms with van der Waals surface area (Å²) < 4.78 is 42.3. The number of oxazole rings is 1. The maximum absolute atomic E-state index is 13.1. The number of nitrogens with zero attached hydrogens (tertiary/aromatic N) is 1. The normalized spacial score (nSPS) is 11.4. The molecule has 2 aromatic carbocycles. The number of ether oxygens (including phenoxy) is 2. The second-order valence-electron chi connectivity index (χ2n) is 5.85. The molecule has 0 saturated heterocycles. The lowest BCUT2D eigenvalue weighted by molar-refractivity contribution is 0.210. The van der Waals surface area contributed by atoms with Crippen LogP contribution >= 0.6 is 0 Å². The van der Waals surface area contributed by atoms with Gasteiger partial charge in [-0.05, 0) is 43.3 Å². The van der Waals surface area contributed by atoms with E-state index in [0.717, 1.165) is 0 Å². The van der Waals surface area contributed by atoms with Gasteiger partial charge in [0.15, 0.2) is 0 Å². The van der Waals surface area contributed by atoms with Crippen LogP contribution in [0.5, 0.6) is 5.75 Å². The first kappa shape index (κ1) is 19.9. The van der Waals surface area contributed by atoms with Crippen LogP contribution in [0.4, 0.5) is 5.88 Å². The van der Waals surface area contributed by atoms with Gasteiger partial charge in [-0.15, -0.1) is 0 Å². The Morgan fingerprint density at radius 2 is 1.79 bits per heavy atom. The molecule has 0 amide bonds. The highest BCUT2D eigenvalue weighted by molar-refractivity contribution is 7.91. The average Bonchev–Trinajstić information content (AvgIpc) is 3.15. The molecule has 0 radical (unpaired) electrons. The number of hydrogen-bond acceptors (Lipinski definition) is 7. The van der Waals surface area contributed by atoms with Crippen LogP contribution in [0.3, 0.4) is 0 Å². The number of anilines is 1. The van der Waals surface area contributed by atoms with Gasteiger partial charge in [0.05, 0.1) is 18.1 Å². The highest BCUT2D eigenvalue weighted by Gasteiger charge is 2.28. The molecule has 28 heavy (non-hydrogen) atoms. The van der Waals surface area contributed by atoms with Crippen molar-refractivity contribution in [3.8, 4) is 17.2 Å². The van der Waals surface area contributed by atoms with Crippen molar-refractivity contribution in [1.29, 1.82) is 0 Å². The summed E-state index contributed by atoms with van der Waals surface area (Å²) >= 11 is 0. The standard InChI is InChI=1S/C20H22N2O5S/c1-3-26-16-11-9-15(10-12-16)18-22-20(19(27-18)21-13-14-25-2)28(23,24)17-7-5-4-6-8-17/h4-12,21H,3,13-14H2,1-2H3. The summed E-state index contributed by atoms with van der Waals surface area (Å²) in [6.45, 7) is 3.24. The van der Waals surface area contributed by atoms with Gasteiger partial charge in [0, 0.05) is 19.2 Å². The third-order valence-corrected chi connectivity index (χ3v) is 5.59. The molecule has 3 rings (SSSR count). The van der Waals surface area contributed by atoms with Gasteiger partial charge in [-0.25, -0.2) is 8.42 Å². The lowest BCUT2D eigenvalue weighted by Gasteiger charge is -2.05. The van der Waals surface area contributed by atoms with E-state index < -0.39 is 9.84 Å². The number of nitrogens with one attached hydrogen (secondary N) is 1. The fourth-order valence-corrected chi connectivity index (χ4v) is 3.86. The molecular formula is C20H22N2O5S. The van der Waals surface area contributed by atoms with Gasteiger partial charge in [-0.3, -0.25) is 0 Å². The van der Waals surface area contributed by atoms with Gasteiger partial charge in [0.1, 0.15) is 5.75 Å². The van der Waals surface area contributed by atoms with Crippen LogP contribution in [0.2, 0.25) is 0 Å². The van der Waals surface area contributed by atoms with Gasteiger partial charge < -0.3 is 19.2 Å². The van der Waals surface area contributed by atoms with Crippen LogP contribution in [-0.4, -0.2) is 40.3 Å². The van der Waals surface area contributed by atoms with Gasteiger partial charge >= 0.3 is 0 Å². The van der Waals surface area contributed by atoms with Crippen molar-refractivity contribution in [2.24, 2.45) is 0 Å². The minimum Gasteiger partial charge on any atom is -0.494 e. The fourth-order valence-electron chi connectivity index (χ4n) is 2.56. The smallest absolute Gasteiger partial charge is 0.233 e. The Morgan fingerprint density at radius 3 is 2.43 bits per heavy atom. The quantitative estimate of drug-likeness (QED) is 0.547. The molecule has 1 heterocycles. The third-order valence-electron chi connectivity index (χ3n) is 3.91. The number of sulfone groups is 1. The first-order valence-electron chi connectivity index (χ1n) is 8.83. The van der Waals surface area contributed by atoms with Crippen molar-refractivity contribution >= 4 is 15.7 Å². The molecule has 7 nitrogen and oxygen atoms in total. The van der Waals surface area contributed by atoms with E-state index in [0.29, 0.717) is 31.1 Å². The molecular weight excluding hydrogens is 380 g/mol. The highest BCUT2D eigenvalue weighted by atomic mass is 32.2. The van der Waals surface area contributed by atoms with Crippen LogP contribution < -0.4 is 10.1 Å². The first-order chi connectivity index (χ1) is 13.6. The molecule has 1 aromatic heterocycles. The molecule has 1 N–H and O–H groups in total. The van der Waals surface area contributed by atoms with Crippen LogP contribution in [0.15, 0.2) is 68.9 Å². The van der Waals surface area contributed by atoms with E-state index in [-0.39, 0.29) is 21.7 Å². The second kappa shape index (κ2) is 8.90. The number of methoxy groups -OCH3 is 1. The second-order valence-corrected chi connectivity index (χ2v) is 7.71. The summed E-state index contributed by atoms with van der Waals surface area (Å²) in [6, 6.07) is 15.3. The van der Waals surface area contributed by atoms with E-state index >= 15 is 0 Å². The molecule has 0 spiro atoms. The zero-order chi connectivity index (χ0) is 20.0. The lowest BCUT2D eigenvalue weighted by Crippen LogP contribution is -2.11. The van der Waals surface area contributed by atoms with Gasteiger partial charge in [0.2, 0.25) is 26.6 Å². The largest absolute Gasteiger partial charge is 0.494 e. The third kappa shape index (κ3) is 4.35. The minimum absolute atomic E-state index is 0.0878. The Balaban J connectivity index is 2.00. The molecule has 148 valence electrons.